The zero-order valence-corrected chi connectivity index (χ0v) is 10.1. The van der Waals surface area contributed by atoms with Crippen LogP contribution in [-0.4, -0.2) is 17.5 Å². The lowest BCUT2D eigenvalue weighted by atomic mass is 9.92. The van der Waals surface area contributed by atoms with Gasteiger partial charge in [-0.05, 0) is 42.7 Å². The van der Waals surface area contributed by atoms with Crippen molar-refractivity contribution in [3.63, 3.8) is 0 Å². The van der Waals surface area contributed by atoms with Crippen molar-refractivity contribution >= 4 is 11.8 Å². The molecule has 2 nitrogen and oxygen atoms in total. The van der Waals surface area contributed by atoms with Crippen molar-refractivity contribution in [3.8, 4) is 6.07 Å². The third-order valence-corrected chi connectivity index (χ3v) is 3.80. The minimum atomic E-state index is -0.495. The van der Waals surface area contributed by atoms with E-state index in [0.717, 1.165) is 18.4 Å². The summed E-state index contributed by atoms with van der Waals surface area (Å²) in [6, 6.07) is 10.1. The Balaban J connectivity index is 2.16. The summed E-state index contributed by atoms with van der Waals surface area (Å²) in [6.45, 7) is 0. The molecule has 2 unspecified atom stereocenters. The Morgan fingerprint density at radius 3 is 2.44 bits per heavy atom. The van der Waals surface area contributed by atoms with Gasteiger partial charge in [0.1, 0.15) is 0 Å². The number of nitriles is 1. The molecule has 84 valence electrons. The molecule has 1 fully saturated rings. The molecule has 0 bridgehead atoms. The molecule has 16 heavy (non-hydrogen) atoms. The molecule has 1 aromatic carbocycles. The predicted octanol–water partition coefficient (Wildman–Crippen LogP) is 2.79. The summed E-state index contributed by atoms with van der Waals surface area (Å²) in [5, 5.41) is 19.1. The fourth-order valence-electron chi connectivity index (χ4n) is 1.87. The number of nitrogens with zero attached hydrogens (tertiary/aromatic N) is 1. The molecular formula is C13H15NOS. The molecule has 2 atom stereocenters. The lowest BCUT2D eigenvalue weighted by Gasteiger charge is -2.16. The third kappa shape index (κ3) is 2.40. The number of rotatable bonds is 4. The average Bonchev–Trinajstić information content (AvgIpc) is 3.14. The SMILES string of the molecule is CSc1ccc(C(C#N)C(O)C2CC2)cc1. The minimum absolute atomic E-state index is 0.338. The number of hydrogen-bond donors (Lipinski definition) is 1. The summed E-state index contributed by atoms with van der Waals surface area (Å²) in [7, 11) is 0. The van der Waals surface area contributed by atoms with Gasteiger partial charge in [0.15, 0.2) is 0 Å². The smallest absolute Gasteiger partial charge is 0.0974 e. The summed E-state index contributed by atoms with van der Waals surface area (Å²) in [5.74, 6) is -0.0340. The van der Waals surface area contributed by atoms with Gasteiger partial charge in [0, 0.05) is 4.90 Å². The molecule has 0 amide bonds. The van der Waals surface area contributed by atoms with Gasteiger partial charge in [-0.2, -0.15) is 5.26 Å². The van der Waals surface area contributed by atoms with Crippen molar-refractivity contribution < 1.29 is 5.11 Å². The number of aliphatic hydroxyl groups is 1. The molecule has 1 saturated carbocycles. The van der Waals surface area contributed by atoms with E-state index in [9.17, 15) is 5.11 Å². The lowest BCUT2D eigenvalue weighted by Crippen LogP contribution is -2.19. The maximum absolute atomic E-state index is 10.0. The van der Waals surface area contributed by atoms with E-state index >= 15 is 0 Å². The van der Waals surface area contributed by atoms with Gasteiger partial charge in [-0.3, -0.25) is 0 Å². The van der Waals surface area contributed by atoms with E-state index in [-0.39, 0.29) is 5.92 Å². The van der Waals surface area contributed by atoms with Crippen molar-refractivity contribution in [1.82, 2.24) is 0 Å². The lowest BCUT2D eigenvalue weighted by molar-refractivity contribution is 0.138. The van der Waals surface area contributed by atoms with E-state index in [1.807, 2.05) is 30.5 Å². The first kappa shape index (κ1) is 11.5. The second kappa shape index (κ2) is 4.90. The van der Waals surface area contributed by atoms with Crippen LogP contribution in [0, 0.1) is 17.2 Å². The van der Waals surface area contributed by atoms with Crippen LogP contribution in [0.2, 0.25) is 0 Å². The fraction of sp³-hybridized carbons (Fsp3) is 0.462. The Morgan fingerprint density at radius 2 is 2.00 bits per heavy atom. The van der Waals surface area contributed by atoms with Crippen LogP contribution in [0.1, 0.15) is 24.3 Å². The normalized spacial score (nSPS) is 18.8. The molecule has 0 aliphatic heterocycles. The summed E-state index contributed by atoms with van der Waals surface area (Å²) < 4.78 is 0. The first-order valence-electron chi connectivity index (χ1n) is 5.48. The monoisotopic (exact) mass is 233 g/mol. The highest BCUT2D eigenvalue weighted by Crippen LogP contribution is 2.38. The molecule has 0 spiro atoms. The fourth-order valence-corrected chi connectivity index (χ4v) is 2.28. The van der Waals surface area contributed by atoms with Crippen LogP contribution in [0.3, 0.4) is 0 Å². The molecule has 0 saturated heterocycles. The summed E-state index contributed by atoms with van der Waals surface area (Å²) in [6.07, 6.45) is 3.64. The summed E-state index contributed by atoms with van der Waals surface area (Å²) in [4.78, 5) is 1.18. The molecule has 1 aliphatic carbocycles. The summed E-state index contributed by atoms with van der Waals surface area (Å²) >= 11 is 1.68. The zero-order valence-electron chi connectivity index (χ0n) is 9.26. The van der Waals surface area contributed by atoms with E-state index < -0.39 is 6.10 Å². The number of benzene rings is 1. The van der Waals surface area contributed by atoms with Crippen LogP contribution in [0.25, 0.3) is 0 Å². The highest BCUT2D eigenvalue weighted by molar-refractivity contribution is 7.98. The molecule has 1 N–H and O–H groups in total. The highest BCUT2D eigenvalue weighted by Gasteiger charge is 2.35. The van der Waals surface area contributed by atoms with Crippen LogP contribution in [-0.2, 0) is 0 Å². The third-order valence-electron chi connectivity index (χ3n) is 3.06. The number of hydrogen-bond acceptors (Lipinski definition) is 3. The Kier molecular flexibility index (Phi) is 3.52. The molecular weight excluding hydrogens is 218 g/mol. The molecule has 0 radical (unpaired) electrons. The van der Waals surface area contributed by atoms with Gasteiger partial charge in [-0.15, -0.1) is 11.8 Å². The number of aliphatic hydroxyl groups excluding tert-OH is 1. The largest absolute Gasteiger partial charge is 0.391 e. The molecule has 1 aromatic rings. The molecule has 3 heteroatoms. The van der Waals surface area contributed by atoms with Gasteiger partial charge in [-0.25, -0.2) is 0 Å². The van der Waals surface area contributed by atoms with Gasteiger partial charge < -0.3 is 5.11 Å². The quantitative estimate of drug-likeness (QED) is 0.813. The van der Waals surface area contributed by atoms with Crippen molar-refractivity contribution in [2.45, 2.75) is 29.8 Å². The predicted molar refractivity (Wildman–Crippen MR) is 65.3 cm³/mol. The Labute approximate surface area is 100 Å². The van der Waals surface area contributed by atoms with E-state index in [2.05, 4.69) is 6.07 Å². The maximum Gasteiger partial charge on any atom is 0.0974 e. The Bertz CT molecular complexity index is 391. The Hall–Kier alpha value is -0.980. The first-order valence-corrected chi connectivity index (χ1v) is 6.70. The summed E-state index contributed by atoms with van der Waals surface area (Å²) in [5.41, 5.74) is 0.930. The van der Waals surface area contributed by atoms with E-state index in [0.29, 0.717) is 5.92 Å². The highest BCUT2D eigenvalue weighted by atomic mass is 32.2. The van der Waals surface area contributed by atoms with Crippen LogP contribution < -0.4 is 0 Å². The molecule has 0 heterocycles. The van der Waals surface area contributed by atoms with Crippen LogP contribution >= 0.6 is 11.8 Å². The van der Waals surface area contributed by atoms with Gasteiger partial charge in [0.2, 0.25) is 0 Å². The second-order valence-electron chi connectivity index (χ2n) is 4.21. The van der Waals surface area contributed by atoms with Crippen molar-refractivity contribution in [2.75, 3.05) is 6.26 Å². The van der Waals surface area contributed by atoms with Crippen molar-refractivity contribution in [2.24, 2.45) is 5.92 Å². The van der Waals surface area contributed by atoms with Gasteiger partial charge >= 0.3 is 0 Å². The van der Waals surface area contributed by atoms with Gasteiger partial charge in [0.25, 0.3) is 0 Å². The number of thioether (sulfide) groups is 1. The van der Waals surface area contributed by atoms with E-state index in [1.54, 1.807) is 11.8 Å². The average molecular weight is 233 g/mol. The second-order valence-corrected chi connectivity index (χ2v) is 5.09. The van der Waals surface area contributed by atoms with Crippen LogP contribution in [0.5, 0.6) is 0 Å². The van der Waals surface area contributed by atoms with Crippen molar-refractivity contribution in [3.05, 3.63) is 29.8 Å². The first-order chi connectivity index (χ1) is 7.76. The maximum atomic E-state index is 10.0. The molecule has 0 aromatic heterocycles. The van der Waals surface area contributed by atoms with Crippen LogP contribution in [0.4, 0.5) is 0 Å². The minimum Gasteiger partial charge on any atom is -0.391 e. The standard InChI is InChI=1S/C13H15NOS/c1-16-11-6-4-9(5-7-11)12(8-14)13(15)10-2-3-10/h4-7,10,12-13,15H,2-3H2,1H3. The van der Waals surface area contributed by atoms with Gasteiger partial charge in [0.05, 0.1) is 18.1 Å². The molecule has 2 rings (SSSR count). The topological polar surface area (TPSA) is 44.0 Å². The zero-order chi connectivity index (χ0) is 11.5. The van der Waals surface area contributed by atoms with E-state index in [1.165, 1.54) is 4.90 Å². The van der Waals surface area contributed by atoms with E-state index in [4.69, 9.17) is 5.26 Å². The Morgan fingerprint density at radius 1 is 1.38 bits per heavy atom. The van der Waals surface area contributed by atoms with Crippen molar-refractivity contribution in [1.29, 1.82) is 5.26 Å². The van der Waals surface area contributed by atoms with Gasteiger partial charge in [-0.1, -0.05) is 12.1 Å². The molecule has 1 aliphatic rings. The van der Waals surface area contributed by atoms with Crippen LogP contribution in [0.15, 0.2) is 29.2 Å².